The molecule has 0 aromatic heterocycles. The van der Waals surface area contributed by atoms with E-state index in [2.05, 4.69) is 17.1 Å². The fraction of sp³-hybridized carbons (Fsp3) is 0.722. The van der Waals surface area contributed by atoms with Crippen LogP contribution in [0.3, 0.4) is 0 Å². The second-order valence-corrected chi connectivity index (χ2v) is 6.73. The second-order valence-electron chi connectivity index (χ2n) is 6.73. The number of rotatable bonds is 4. The third-order valence-electron chi connectivity index (χ3n) is 5.54. The summed E-state index contributed by atoms with van der Waals surface area (Å²) < 4.78 is 11.2. The lowest BCUT2D eigenvalue weighted by atomic mass is 9.77. The zero-order chi connectivity index (χ0) is 16.4. The first-order valence-corrected chi connectivity index (χ1v) is 8.70. The van der Waals surface area contributed by atoms with Crippen molar-refractivity contribution in [2.45, 2.75) is 38.6 Å². The van der Waals surface area contributed by atoms with Gasteiger partial charge in [0.1, 0.15) is 11.5 Å². The lowest BCUT2D eigenvalue weighted by Gasteiger charge is -2.35. The molecule has 0 unspecified atom stereocenters. The van der Waals surface area contributed by atoms with E-state index in [0.29, 0.717) is 6.04 Å². The molecule has 0 aromatic rings. The molecule has 1 spiro atoms. The van der Waals surface area contributed by atoms with Crippen molar-refractivity contribution in [3.63, 3.8) is 0 Å². The molecular weight excluding hydrogens is 292 g/mol. The van der Waals surface area contributed by atoms with Crippen molar-refractivity contribution in [2.75, 3.05) is 33.9 Å². The van der Waals surface area contributed by atoms with Gasteiger partial charge < -0.3 is 19.7 Å². The van der Waals surface area contributed by atoms with Crippen LogP contribution in [0.1, 0.15) is 32.6 Å². The molecule has 2 fully saturated rings. The highest BCUT2D eigenvalue weighted by molar-refractivity contribution is 5.89. The summed E-state index contributed by atoms with van der Waals surface area (Å²) in [6, 6.07) is 0.366. The van der Waals surface area contributed by atoms with E-state index in [9.17, 15) is 4.79 Å². The maximum Gasteiger partial charge on any atom is 0.237 e. The molecule has 128 valence electrons. The number of nitrogens with zero attached hydrogens (tertiary/aromatic N) is 1. The third-order valence-corrected chi connectivity index (χ3v) is 5.54. The molecule has 1 N–H and O–H groups in total. The SMILES string of the molecule is CCC1C(OC)=CC2(C=C1OC)CCN(C1CCNCC1)C2=O. The molecule has 2 aliphatic heterocycles. The second kappa shape index (κ2) is 6.56. The topological polar surface area (TPSA) is 50.8 Å². The number of ether oxygens (including phenoxy) is 2. The molecule has 1 aliphatic carbocycles. The Bertz CT molecular complexity index is 498. The molecule has 0 saturated carbocycles. The van der Waals surface area contributed by atoms with Crippen LogP contribution in [0, 0.1) is 11.3 Å². The number of hydrogen-bond acceptors (Lipinski definition) is 4. The smallest absolute Gasteiger partial charge is 0.237 e. The molecule has 5 heteroatoms. The van der Waals surface area contributed by atoms with Crippen LogP contribution in [0.25, 0.3) is 0 Å². The average molecular weight is 320 g/mol. The van der Waals surface area contributed by atoms with E-state index in [0.717, 1.165) is 56.8 Å². The van der Waals surface area contributed by atoms with Crippen LogP contribution < -0.4 is 5.32 Å². The number of likely N-dealkylation sites (tertiary alicyclic amines) is 1. The molecule has 0 atom stereocenters. The van der Waals surface area contributed by atoms with Gasteiger partial charge in [0.2, 0.25) is 5.91 Å². The van der Waals surface area contributed by atoms with E-state index in [1.807, 2.05) is 12.2 Å². The minimum Gasteiger partial charge on any atom is -0.501 e. The van der Waals surface area contributed by atoms with Crippen LogP contribution >= 0.6 is 0 Å². The van der Waals surface area contributed by atoms with E-state index < -0.39 is 5.41 Å². The van der Waals surface area contributed by atoms with Crippen LogP contribution in [0.5, 0.6) is 0 Å². The van der Waals surface area contributed by atoms with E-state index in [1.54, 1.807) is 14.2 Å². The van der Waals surface area contributed by atoms with Gasteiger partial charge in [0, 0.05) is 12.6 Å². The predicted octanol–water partition coefficient (Wildman–Crippen LogP) is 2.06. The number of amides is 1. The summed E-state index contributed by atoms with van der Waals surface area (Å²) in [5, 5.41) is 3.37. The van der Waals surface area contributed by atoms with Crippen molar-refractivity contribution < 1.29 is 14.3 Å². The maximum atomic E-state index is 13.2. The molecule has 23 heavy (non-hydrogen) atoms. The standard InChI is InChI=1S/C18H28N2O3/c1-4-14-15(22-2)11-18(12-16(14)23-3)7-10-20(17(18)21)13-5-8-19-9-6-13/h11-14,19H,4-10H2,1-3H3. The number of carbonyl (C=O) groups is 1. The van der Waals surface area contributed by atoms with Crippen molar-refractivity contribution in [3.8, 4) is 0 Å². The fourth-order valence-electron chi connectivity index (χ4n) is 4.21. The van der Waals surface area contributed by atoms with E-state index >= 15 is 0 Å². The number of carbonyl (C=O) groups excluding carboxylic acids is 1. The third kappa shape index (κ3) is 2.75. The number of piperidine rings is 1. The van der Waals surface area contributed by atoms with E-state index in [-0.39, 0.29) is 11.8 Å². The summed E-state index contributed by atoms with van der Waals surface area (Å²) >= 11 is 0. The summed E-state index contributed by atoms with van der Waals surface area (Å²) in [4.78, 5) is 15.3. The van der Waals surface area contributed by atoms with Crippen LogP contribution in [0.2, 0.25) is 0 Å². The largest absolute Gasteiger partial charge is 0.501 e. The summed E-state index contributed by atoms with van der Waals surface area (Å²) in [5.74, 6) is 2.07. The lowest BCUT2D eigenvalue weighted by Crippen LogP contribution is -2.46. The van der Waals surface area contributed by atoms with Crippen molar-refractivity contribution in [1.29, 1.82) is 0 Å². The number of nitrogens with one attached hydrogen (secondary N) is 1. The summed E-state index contributed by atoms with van der Waals surface area (Å²) in [5.41, 5.74) is -0.576. The summed E-state index contributed by atoms with van der Waals surface area (Å²) in [7, 11) is 3.37. The van der Waals surface area contributed by atoms with Gasteiger partial charge in [0.05, 0.1) is 25.6 Å². The van der Waals surface area contributed by atoms with Crippen LogP contribution in [-0.2, 0) is 14.3 Å². The van der Waals surface area contributed by atoms with E-state index in [4.69, 9.17) is 9.47 Å². The minimum absolute atomic E-state index is 0.122. The Morgan fingerprint density at radius 1 is 1.22 bits per heavy atom. The molecule has 2 saturated heterocycles. The average Bonchev–Trinajstić information content (AvgIpc) is 2.91. The van der Waals surface area contributed by atoms with Crippen LogP contribution in [0.4, 0.5) is 0 Å². The van der Waals surface area contributed by atoms with Gasteiger partial charge in [-0.05, 0) is 50.9 Å². The van der Waals surface area contributed by atoms with Crippen LogP contribution in [0.15, 0.2) is 23.7 Å². The Morgan fingerprint density at radius 2 is 1.83 bits per heavy atom. The van der Waals surface area contributed by atoms with Gasteiger partial charge in [-0.1, -0.05) is 6.92 Å². The van der Waals surface area contributed by atoms with Gasteiger partial charge in [-0.25, -0.2) is 0 Å². The van der Waals surface area contributed by atoms with Gasteiger partial charge in [0.15, 0.2) is 0 Å². The summed E-state index contributed by atoms with van der Waals surface area (Å²) in [6.07, 6.45) is 7.90. The van der Waals surface area contributed by atoms with Crippen molar-refractivity contribution in [3.05, 3.63) is 23.7 Å². The Labute approximate surface area is 138 Å². The predicted molar refractivity (Wildman–Crippen MR) is 88.6 cm³/mol. The molecular formula is C18H28N2O3. The lowest BCUT2D eigenvalue weighted by molar-refractivity contribution is -0.135. The van der Waals surface area contributed by atoms with Crippen molar-refractivity contribution in [1.82, 2.24) is 10.2 Å². The molecule has 0 bridgehead atoms. The molecule has 3 aliphatic rings. The maximum absolute atomic E-state index is 13.2. The van der Waals surface area contributed by atoms with Gasteiger partial charge in [-0.15, -0.1) is 0 Å². The highest BCUT2D eigenvalue weighted by atomic mass is 16.5. The highest BCUT2D eigenvalue weighted by Crippen LogP contribution is 2.45. The zero-order valence-electron chi connectivity index (χ0n) is 14.4. The van der Waals surface area contributed by atoms with Crippen molar-refractivity contribution >= 4 is 5.91 Å². The fourth-order valence-corrected chi connectivity index (χ4v) is 4.21. The van der Waals surface area contributed by atoms with Crippen LogP contribution in [-0.4, -0.2) is 50.7 Å². The Balaban J connectivity index is 1.89. The Morgan fingerprint density at radius 3 is 2.35 bits per heavy atom. The van der Waals surface area contributed by atoms with Crippen molar-refractivity contribution in [2.24, 2.45) is 11.3 Å². The first-order chi connectivity index (χ1) is 11.1. The Kier molecular flexibility index (Phi) is 4.67. The molecule has 0 radical (unpaired) electrons. The Hall–Kier alpha value is -1.49. The monoisotopic (exact) mass is 320 g/mol. The highest BCUT2D eigenvalue weighted by Gasteiger charge is 2.49. The molecule has 2 heterocycles. The molecule has 1 amide bonds. The normalized spacial score (nSPS) is 32.0. The molecule has 0 aromatic carbocycles. The number of hydrogen-bond donors (Lipinski definition) is 1. The quantitative estimate of drug-likeness (QED) is 0.861. The first kappa shape index (κ1) is 16.4. The van der Waals surface area contributed by atoms with Gasteiger partial charge in [-0.2, -0.15) is 0 Å². The molecule has 3 rings (SSSR count). The van der Waals surface area contributed by atoms with E-state index in [1.165, 1.54) is 0 Å². The van der Waals surface area contributed by atoms with Gasteiger partial charge in [0.25, 0.3) is 0 Å². The van der Waals surface area contributed by atoms with Gasteiger partial charge >= 0.3 is 0 Å². The summed E-state index contributed by atoms with van der Waals surface area (Å²) in [6.45, 7) is 4.93. The first-order valence-electron chi connectivity index (χ1n) is 8.70. The molecule has 5 nitrogen and oxygen atoms in total. The minimum atomic E-state index is -0.576. The van der Waals surface area contributed by atoms with Gasteiger partial charge in [-0.3, -0.25) is 4.79 Å². The zero-order valence-corrected chi connectivity index (χ0v) is 14.4. The number of methoxy groups -OCH3 is 2.